The van der Waals surface area contributed by atoms with E-state index in [4.69, 9.17) is 10.5 Å². The van der Waals surface area contributed by atoms with E-state index in [0.29, 0.717) is 30.3 Å². The molecule has 144 valence electrons. The first kappa shape index (κ1) is 20.5. The fraction of sp³-hybridized carbons (Fsp3) is 0.333. The maximum atomic E-state index is 12.2. The van der Waals surface area contributed by atoms with E-state index in [-0.39, 0.29) is 24.8 Å². The summed E-state index contributed by atoms with van der Waals surface area (Å²) in [4.78, 5) is 24.3. The summed E-state index contributed by atoms with van der Waals surface area (Å²) in [5.74, 6) is 0.714. The fourth-order valence-corrected chi connectivity index (χ4v) is 2.49. The minimum absolute atomic E-state index is 0.185. The number of benzene rings is 2. The number of anilines is 1. The molecule has 0 heterocycles. The summed E-state index contributed by atoms with van der Waals surface area (Å²) in [6.45, 7) is 5.26. The molecule has 2 aromatic rings. The van der Waals surface area contributed by atoms with Crippen LogP contribution in [-0.4, -0.2) is 31.5 Å². The smallest absolute Gasteiger partial charge is 0.253 e. The Labute approximate surface area is 160 Å². The van der Waals surface area contributed by atoms with Gasteiger partial charge in [-0.15, -0.1) is 0 Å². The Morgan fingerprint density at radius 2 is 1.78 bits per heavy atom. The van der Waals surface area contributed by atoms with E-state index in [1.165, 1.54) is 5.56 Å². The summed E-state index contributed by atoms with van der Waals surface area (Å²) < 4.78 is 5.63. The molecule has 2 rings (SSSR count). The number of rotatable bonds is 9. The first-order chi connectivity index (χ1) is 13.0. The third-order valence-electron chi connectivity index (χ3n) is 4.02. The van der Waals surface area contributed by atoms with Gasteiger partial charge in [-0.1, -0.05) is 38.1 Å². The van der Waals surface area contributed by atoms with Crippen LogP contribution in [0, 0.1) is 0 Å². The number of nitrogens with two attached hydrogens (primary N) is 1. The van der Waals surface area contributed by atoms with Gasteiger partial charge in [-0.25, -0.2) is 0 Å². The number of carbonyl (C=O) groups is 2. The maximum absolute atomic E-state index is 12.2. The van der Waals surface area contributed by atoms with Crippen molar-refractivity contribution in [1.82, 2.24) is 5.32 Å². The van der Waals surface area contributed by atoms with Crippen LogP contribution in [-0.2, 0) is 4.79 Å². The Morgan fingerprint density at radius 3 is 2.44 bits per heavy atom. The van der Waals surface area contributed by atoms with Gasteiger partial charge in [-0.2, -0.15) is 0 Å². The van der Waals surface area contributed by atoms with Crippen molar-refractivity contribution in [2.24, 2.45) is 5.73 Å². The third kappa shape index (κ3) is 6.42. The van der Waals surface area contributed by atoms with Gasteiger partial charge in [0.2, 0.25) is 5.91 Å². The molecule has 27 heavy (non-hydrogen) atoms. The second-order valence-corrected chi connectivity index (χ2v) is 6.46. The second-order valence-electron chi connectivity index (χ2n) is 6.46. The van der Waals surface area contributed by atoms with Crippen LogP contribution in [0.5, 0.6) is 5.75 Å². The van der Waals surface area contributed by atoms with Gasteiger partial charge in [0.15, 0.2) is 0 Å². The van der Waals surface area contributed by atoms with Crippen molar-refractivity contribution in [3.05, 3.63) is 59.7 Å². The zero-order chi connectivity index (χ0) is 19.6. The monoisotopic (exact) mass is 369 g/mol. The van der Waals surface area contributed by atoms with E-state index in [9.17, 15) is 9.59 Å². The molecule has 6 heteroatoms. The quantitative estimate of drug-likeness (QED) is 0.633. The van der Waals surface area contributed by atoms with Gasteiger partial charge in [0.05, 0.1) is 24.3 Å². The molecule has 2 amide bonds. The van der Waals surface area contributed by atoms with E-state index in [1.807, 2.05) is 24.3 Å². The lowest BCUT2D eigenvalue weighted by molar-refractivity contribution is -0.116. The number of nitrogens with one attached hydrogen (secondary N) is 2. The van der Waals surface area contributed by atoms with Gasteiger partial charge < -0.3 is 21.1 Å². The van der Waals surface area contributed by atoms with Crippen molar-refractivity contribution in [3.63, 3.8) is 0 Å². The predicted octanol–water partition coefficient (Wildman–Crippen LogP) is 2.91. The van der Waals surface area contributed by atoms with Crippen LogP contribution in [0.3, 0.4) is 0 Å². The lowest BCUT2D eigenvalue weighted by Crippen LogP contribution is -2.30. The lowest BCUT2D eigenvalue weighted by atomic mass is 10.0. The predicted molar refractivity (Wildman–Crippen MR) is 107 cm³/mol. The Morgan fingerprint density at radius 1 is 1.07 bits per heavy atom. The van der Waals surface area contributed by atoms with Crippen LogP contribution in [0.15, 0.2) is 48.5 Å². The molecule has 2 aromatic carbocycles. The van der Waals surface area contributed by atoms with Crippen molar-refractivity contribution in [2.75, 3.05) is 25.0 Å². The van der Waals surface area contributed by atoms with Crippen molar-refractivity contribution >= 4 is 17.5 Å². The molecule has 0 spiro atoms. The zero-order valence-electron chi connectivity index (χ0n) is 15.8. The van der Waals surface area contributed by atoms with Crippen molar-refractivity contribution < 1.29 is 14.3 Å². The molecule has 0 bridgehead atoms. The molecule has 0 fully saturated rings. The van der Waals surface area contributed by atoms with Crippen LogP contribution in [0.1, 0.15) is 42.1 Å². The molecule has 0 aliphatic heterocycles. The second kappa shape index (κ2) is 10.3. The van der Waals surface area contributed by atoms with E-state index in [1.54, 1.807) is 24.3 Å². The van der Waals surface area contributed by atoms with Crippen LogP contribution in [0.25, 0.3) is 0 Å². The highest BCUT2D eigenvalue weighted by Crippen LogP contribution is 2.19. The fourth-order valence-electron chi connectivity index (χ4n) is 2.49. The number of amides is 2. The number of hydrogen-bond acceptors (Lipinski definition) is 4. The van der Waals surface area contributed by atoms with Crippen LogP contribution in [0.4, 0.5) is 5.69 Å². The van der Waals surface area contributed by atoms with Crippen molar-refractivity contribution in [3.8, 4) is 5.75 Å². The minimum Gasteiger partial charge on any atom is -0.493 e. The van der Waals surface area contributed by atoms with E-state index < -0.39 is 0 Å². The van der Waals surface area contributed by atoms with Gasteiger partial charge in [-0.3, -0.25) is 9.59 Å². The summed E-state index contributed by atoms with van der Waals surface area (Å²) in [5, 5.41) is 5.47. The lowest BCUT2D eigenvalue weighted by Gasteiger charge is -2.12. The van der Waals surface area contributed by atoms with Crippen molar-refractivity contribution in [1.29, 1.82) is 0 Å². The highest BCUT2D eigenvalue weighted by atomic mass is 16.5. The average Bonchev–Trinajstić information content (AvgIpc) is 2.67. The van der Waals surface area contributed by atoms with Crippen LogP contribution in [0.2, 0.25) is 0 Å². The number of carbonyl (C=O) groups excluding carboxylic acids is 2. The highest BCUT2D eigenvalue weighted by Gasteiger charge is 2.12. The Bertz CT molecular complexity index is 758. The molecule has 6 nitrogen and oxygen atoms in total. The van der Waals surface area contributed by atoms with Gasteiger partial charge >= 0.3 is 0 Å². The summed E-state index contributed by atoms with van der Waals surface area (Å²) >= 11 is 0. The van der Waals surface area contributed by atoms with E-state index in [0.717, 1.165) is 5.75 Å². The van der Waals surface area contributed by atoms with Crippen LogP contribution < -0.4 is 21.1 Å². The highest BCUT2D eigenvalue weighted by molar-refractivity contribution is 6.03. The Balaban J connectivity index is 1.86. The summed E-state index contributed by atoms with van der Waals surface area (Å²) in [7, 11) is 0. The first-order valence-corrected chi connectivity index (χ1v) is 9.11. The molecular formula is C21H27N3O3. The maximum Gasteiger partial charge on any atom is 0.253 e. The number of ether oxygens (including phenoxy) is 1. The average molecular weight is 369 g/mol. The van der Waals surface area contributed by atoms with Crippen LogP contribution >= 0.6 is 0 Å². The number of para-hydroxylation sites is 1. The third-order valence-corrected chi connectivity index (χ3v) is 4.02. The van der Waals surface area contributed by atoms with Crippen molar-refractivity contribution in [2.45, 2.75) is 26.2 Å². The molecule has 4 N–H and O–H groups in total. The summed E-state index contributed by atoms with van der Waals surface area (Å²) in [6, 6.07) is 14.7. The van der Waals surface area contributed by atoms with E-state index in [2.05, 4.69) is 24.5 Å². The summed E-state index contributed by atoms with van der Waals surface area (Å²) in [6.07, 6.45) is 0.185. The molecule has 0 aliphatic carbocycles. The van der Waals surface area contributed by atoms with Gasteiger partial charge in [-0.05, 0) is 35.7 Å². The molecule has 0 aliphatic rings. The zero-order valence-corrected chi connectivity index (χ0v) is 15.8. The molecule has 0 radical (unpaired) electrons. The normalized spacial score (nSPS) is 10.5. The molecule has 0 unspecified atom stereocenters. The minimum atomic E-state index is -0.266. The molecule has 0 saturated carbocycles. The van der Waals surface area contributed by atoms with E-state index >= 15 is 0 Å². The largest absolute Gasteiger partial charge is 0.493 e. The van der Waals surface area contributed by atoms with Gasteiger partial charge in [0.1, 0.15) is 5.75 Å². The standard InChI is InChI=1S/C21H27N3O3/c1-15(2)16-7-9-17(10-8-16)27-14-11-20(25)24-19-6-4-3-5-18(19)21(26)23-13-12-22/h3-10,15H,11-14,22H2,1-2H3,(H,23,26)(H,24,25). The summed E-state index contributed by atoms with van der Waals surface area (Å²) in [5.41, 5.74) is 7.52. The number of hydrogen-bond donors (Lipinski definition) is 3. The van der Waals surface area contributed by atoms with Gasteiger partial charge in [0, 0.05) is 13.1 Å². The first-order valence-electron chi connectivity index (χ1n) is 9.11. The topological polar surface area (TPSA) is 93.4 Å². The molecule has 0 aromatic heterocycles. The Hall–Kier alpha value is -2.86. The molecular weight excluding hydrogens is 342 g/mol. The Kier molecular flexibility index (Phi) is 7.82. The molecule has 0 atom stereocenters. The molecule has 0 saturated heterocycles. The SMILES string of the molecule is CC(C)c1ccc(OCCC(=O)Nc2ccccc2C(=O)NCCN)cc1. The van der Waals surface area contributed by atoms with Gasteiger partial charge in [0.25, 0.3) is 5.91 Å².